The summed E-state index contributed by atoms with van der Waals surface area (Å²) in [5.41, 5.74) is 2.04. The number of nitrogens with one attached hydrogen (secondary N) is 1. The first-order chi connectivity index (χ1) is 17.1. The zero-order valence-corrected chi connectivity index (χ0v) is 18.8. The quantitative estimate of drug-likeness (QED) is 0.309. The predicted molar refractivity (Wildman–Crippen MR) is 120 cm³/mol. The number of H-pyrrole nitrogens is 1. The number of carbonyl (C=O) groups is 1. The van der Waals surface area contributed by atoms with Crippen LogP contribution < -0.4 is 22.7 Å². The third kappa shape index (κ3) is 4.97. The fourth-order valence-corrected chi connectivity index (χ4v) is 3.40. The number of aromatic amines is 1. The van der Waals surface area contributed by atoms with Crippen LogP contribution in [-0.4, -0.2) is 50.2 Å². The van der Waals surface area contributed by atoms with E-state index in [4.69, 9.17) is 31.1 Å². The van der Waals surface area contributed by atoms with Crippen LogP contribution in [0.15, 0.2) is 51.1 Å². The van der Waals surface area contributed by atoms with Crippen molar-refractivity contribution in [2.75, 3.05) is 18.9 Å². The van der Waals surface area contributed by atoms with Crippen molar-refractivity contribution in [3.05, 3.63) is 79.4 Å². The van der Waals surface area contributed by atoms with Gasteiger partial charge in [0, 0.05) is 11.8 Å². The number of carbonyl (C=O) groups excluding carboxylic acids is 1. The smallest absolute Gasteiger partial charge is 0.431 e. The van der Waals surface area contributed by atoms with Gasteiger partial charge >= 0.3 is 17.5 Å². The zero-order valence-electron chi connectivity index (χ0n) is 18.8. The van der Waals surface area contributed by atoms with E-state index in [-0.39, 0.29) is 12.2 Å². The lowest BCUT2D eigenvalue weighted by molar-refractivity contribution is -0.0695. The minimum Gasteiger partial charge on any atom is -0.431 e. The van der Waals surface area contributed by atoms with Gasteiger partial charge in [-0.05, 0) is 25.2 Å². The van der Waals surface area contributed by atoms with E-state index in [1.807, 2.05) is 0 Å². The highest BCUT2D eigenvalue weighted by atomic mass is 19.1. The normalized spacial score (nSPS) is 24.5. The second-order valence-corrected chi connectivity index (χ2v) is 7.84. The zero-order chi connectivity index (χ0) is 26.0. The molecule has 4 heterocycles. The summed E-state index contributed by atoms with van der Waals surface area (Å²) < 4.78 is 37.0. The average molecular weight is 501 g/mol. The highest BCUT2D eigenvalue weighted by Gasteiger charge is 2.37. The van der Waals surface area contributed by atoms with Crippen molar-refractivity contribution in [3.8, 4) is 12.3 Å². The molecule has 2 aliphatic heterocycles. The van der Waals surface area contributed by atoms with E-state index >= 15 is 0 Å². The van der Waals surface area contributed by atoms with Crippen LogP contribution in [-0.2, 0) is 18.9 Å². The molecule has 0 saturated carbocycles. The highest BCUT2D eigenvalue weighted by Crippen LogP contribution is 2.29. The van der Waals surface area contributed by atoms with Gasteiger partial charge in [0.2, 0.25) is 0 Å². The van der Waals surface area contributed by atoms with Gasteiger partial charge in [0.05, 0.1) is 6.20 Å². The Balaban J connectivity index is 1.29. The number of nitrogens with two attached hydrogens (primary N) is 1. The Hall–Kier alpha value is -4.48. The van der Waals surface area contributed by atoms with Gasteiger partial charge in [-0.1, -0.05) is 12.0 Å². The van der Waals surface area contributed by atoms with Gasteiger partial charge in [0.25, 0.3) is 5.56 Å². The first-order valence-corrected chi connectivity index (χ1v) is 10.5. The summed E-state index contributed by atoms with van der Waals surface area (Å²) in [5.74, 6) is 0.956. The monoisotopic (exact) mass is 501 g/mol. The molecule has 0 saturated heterocycles. The van der Waals surface area contributed by atoms with Gasteiger partial charge in [0.1, 0.15) is 19.3 Å². The molecule has 2 aliphatic rings. The summed E-state index contributed by atoms with van der Waals surface area (Å²) in [6.07, 6.45) is 9.92. The Morgan fingerprint density at radius 1 is 1.25 bits per heavy atom. The lowest BCUT2D eigenvalue weighted by Gasteiger charge is -2.24. The third-order valence-electron chi connectivity index (χ3n) is 5.31. The summed E-state index contributed by atoms with van der Waals surface area (Å²) in [7, 11) is 0. The molecule has 188 valence electrons. The van der Waals surface area contributed by atoms with Crippen LogP contribution in [0.3, 0.4) is 0 Å². The van der Waals surface area contributed by atoms with Crippen LogP contribution in [0, 0.1) is 25.1 Å². The summed E-state index contributed by atoms with van der Waals surface area (Å²) in [6, 6.07) is 0. The molecule has 3 N–H and O–H groups in total. The number of hydrogen-bond donors (Lipinski definition) is 2. The predicted octanol–water partition coefficient (Wildman–Crippen LogP) is -0.113. The van der Waals surface area contributed by atoms with Crippen LogP contribution in [0.5, 0.6) is 0 Å². The van der Waals surface area contributed by atoms with E-state index in [9.17, 15) is 23.6 Å². The number of terminal acetylenes is 1. The van der Waals surface area contributed by atoms with Crippen LogP contribution in [0.25, 0.3) is 0 Å². The van der Waals surface area contributed by atoms with Crippen molar-refractivity contribution >= 4 is 12.0 Å². The number of aromatic nitrogens is 4. The Morgan fingerprint density at radius 3 is 2.78 bits per heavy atom. The first-order valence-electron chi connectivity index (χ1n) is 10.5. The average Bonchev–Trinajstić information content (AvgIpc) is 3.49. The fraction of sp³-hybridized carbons (Fsp3) is 0.318. The van der Waals surface area contributed by atoms with Crippen molar-refractivity contribution in [2.45, 2.75) is 31.1 Å². The first kappa shape index (κ1) is 24.6. The maximum atomic E-state index is 13.6. The van der Waals surface area contributed by atoms with Gasteiger partial charge in [-0.3, -0.25) is 18.9 Å². The molecule has 4 atom stereocenters. The van der Waals surface area contributed by atoms with Gasteiger partial charge < -0.3 is 24.7 Å². The van der Waals surface area contributed by atoms with Crippen molar-refractivity contribution in [3.63, 3.8) is 0 Å². The lowest BCUT2D eigenvalue weighted by atomic mass is 10.1. The number of nitrogen functional groups attached to an aromatic ring is 1. The van der Waals surface area contributed by atoms with Gasteiger partial charge in [0.15, 0.2) is 29.7 Å². The SMILES string of the molecule is C#C[C@@]1(COC(=O)OC[C@H]2C=C[C@@H](n3cc(F)c(N)nc3=O)O2)C=C[C@H](n2cc(C)c(=O)[nH]c2=O)O1. The third-order valence-corrected chi connectivity index (χ3v) is 5.31. The van der Waals surface area contributed by atoms with Gasteiger partial charge in [-0.2, -0.15) is 4.98 Å². The van der Waals surface area contributed by atoms with E-state index in [0.29, 0.717) is 0 Å². The van der Waals surface area contributed by atoms with Gasteiger partial charge in [-0.25, -0.2) is 18.8 Å². The molecular weight excluding hydrogens is 481 g/mol. The molecular formula is C22H20FN5O8. The molecule has 0 fully saturated rings. The topological polar surface area (TPSA) is 170 Å². The van der Waals surface area contributed by atoms with Crippen molar-refractivity contribution < 1.29 is 28.1 Å². The molecule has 0 amide bonds. The second-order valence-electron chi connectivity index (χ2n) is 7.84. The molecule has 0 spiro atoms. The minimum atomic E-state index is -1.48. The summed E-state index contributed by atoms with van der Waals surface area (Å²) in [6.45, 7) is 0.817. The molecule has 4 rings (SSSR count). The molecule has 2 aromatic heterocycles. The number of halogens is 1. The molecule has 0 unspecified atom stereocenters. The molecule has 0 radical (unpaired) electrons. The summed E-state index contributed by atoms with van der Waals surface area (Å²) in [4.78, 5) is 53.2. The molecule has 2 aromatic rings. The van der Waals surface area contributed by atoms with E-state index in [0.717, 1.165) is 15.3 Å². The van der Waals surface area contributed by atoms with Crippen LogP contribution >= 0.6 is 0 Å². The highest BCUT2D eigenvalue weighted by molar-refractivity contribution is 5.60. The number of anilines is 1. The van der Waals surface area contributed by atoms with E-state index in [1.54, 1.807) is 0 Å². The molecule has 13 nitrogen and oxygen atoms in total. The van der Waals surface area contributed by atoms with Crippen LogP contribution in [0.1, 0.15) is 18.0 Å². The maximum Gasteiger partial charge on any atom is 0.508 e. The molecule has 0 aromatic carbocycles. The van der Waals surface area contributed by atoms with E-state index in [2.05, 4.69) is 15.9 Å². The molecule has 14 heteroatoms. The van der Waals surface area contributed by atoms with Crippen molar-refractivity contribution in [2.24, 2.45) is 0 Å². The van der Waals surface area contributed by atoms with Crippen molar-refractivity contribution in [1.29, 1.82) is 0 Å². The van der Waals surface area contributed by atoms with E-state index < -0.39 is 65.5 Å². The largest absolute Gasteiger partial charge is 0.508 e. The Labute approximate surface area is 201 Å². The second kappa shape index (κ2) is 9.64. The number of aryl methyl sites for hydroxylation is 1. The molecule has 36 heavy (non-hydrogen) atoms. The van der Waals surface area contributed by atoms with Crippen LogP contribution in [0.4, 0.5) is 15.0 Å². The van der Waals surface area contributed by atoms with Crippen LogP contribution in [0.2, 0.25) is 0 Å². The fourth-order valence-electron chi connectivity index (χ4n) is 3.40. The molecule has 0 bridgehead atoms. The summed E-state index contributed by atoms with van der Waals surface area (Å²) in [5, 5.41) is 0. The minimum absolute atomic E-state index is 0.278. The number of hydrogen-bond acceptors (Lipinski definition) is 10. The standard InChI is InChI=1S/C22H20FN5O8/c1-3-22(7-6-16(36-22)27-8-12(2)18(29)26-20(27)31)11-34-21(32)33-10-13-4-5-15(35-13)28-9-14(23)17(24)25-19(28)30/h1,4-9,13,15-16H,10-11H2,2H3,(H2,24,25,30)(H,26,29,31)/t13-,15+,16-,22+/m1/s1. The Morgan fingerprint density at radius 2 is 2.03 bits per heavy atom. The van der Waals surface area contributed by atoms with Crippen molar-refractivity contribution in [1.82, 2.24) is 19.1 Å². The van der Waals surface area contributed by atoms with Gasteiger partial charge in [-0.15, -0.1) is 6.42 Å². The molecule has 0 aliphatic carbocycles. The lowest BCUT2D eigenvalue weighted by Crippen LogP contribution is -2.38. The maximum absolute atomic E-state index is 13.6. The Kier molecular flexibility index (Phi) is 6.60. The number of nitrogens with zero attached hydrogens (tertiary/aromatic N) is 3. The Bertz CT molecular complexity index is 1470. The summed E-state index contributed by atoms with van der Waals surface area (Å²) >= 11 is 0. The number of rotatable bonds is 6. The number of ether oxygens (including phenoxy) is 4. The van der Waals surface area contributed by atoms with E-state index in [1.165, 1.54) is 37.4 Å².